The lowest BCUT2D eigenvalue weighted by Gasteiger charge is -2.21. The van der Waals surface area contributed by atoms with Crippen molar-refractivity contribution in [1.82, 2.24) is 20.6 Å². The highest BCUT2D eigenvalue weighted by Gasteiger charge is 2.18. The number of hydrogen-bond acceptors (Lipinski definition) is 2. The standard InChI is InChI=1S/C20H24N4S/c1-14(2)12-18(19-22-16-10-6-7-11-17(16)23-19)24-20(25)21-13-15-8-4-3-5-9-15/h3-11,14,18H,12-13H2,1-2H3,(H,22,23)(H2,21,24,25)/t18-/m1/s1. The van der Waals surface area contributed by atoms with E-state index in [1.807, 2.05) is 42.5 Å². The molecule has 0 aliphatic carbocycles. The van der Waals surface area contributed by atoms with Crippen LogP contribution in [0, 0.1) is 5.92 Å². The summed E-state index contributed by atoms with van der Waals surface area (Å²) >= 11 is 5.50. The molecular formula is C20H24N4S. The zero-order chi connectivity index (χ0) is 17.6. The third-order valence-electron chi connectivity index (χ3n) is 4.05. The molecule has 3 aromatic rings. The van der Waals surface area contributed by atoms with Gasteiger partial charge in [0.1, 0.15) is 5.82 Å². The Morgan fingerprint density at radius 3 is 2.52 bits per heavy atom. The van der Waals surface area contributed by atoms with Gasteiger partial charge in [0, 0.05) is 6.54 Å². The van der Waals surface area contributed by atoms with E-state index < -0.39 is 0 Å². The number of imidazole rings is 1. The Balaban J connectivity index is 1.68. The van der Waals surface area contributed by atoms with Crippen LogP contribution in [0.25, 0.3) is 11.0 Å². The van der Waals surface area contributed by atoms with Crippen molar-refractivity contribution in [3.63, 3.8) is 0 Å². The average molecular weight is 353 g/mol. The lowest BCUT2D eigenvalue weighted by molar-refractivity contribution is 0.463. The van der Waals surface area contributed by atoms with E-state index in [9.17, 15) is 0 Å². The largest absolute Gasteiger partial charge is 0.359 e. The van der Waals surface area contributed by atoms with Gasteiger partial charge in [0.2, 0.25) is 0 Å². The summed E-state index contributed by atoms with van der Waals surface area (Å²) in [5.41, 5.74) is 3.24. The molecule has 2 aromatic carbocycles. The Bertz CT molecular complexity index is 793. The van der Waals surface area contributed by atoms with Crippen molar-refractivity contribution in [2.24, 2.45) is 5.92 Å². The molecule has 0 aliphatic rings. The first-order chi connectivity index (χ1) is 12.1. The maximum Gasteiger partial charge on any atom is 0.167 e. The van der Waals surface area contributed by atoms with Crippen molar-refractivity contribution in [1.29, 1.82) is 0 Å². The van der Waals surface area contributed by atoms with Gasteiger partial charge in [-0.15, -0.1) is 0 Å². The number of para-hydroxylation sites is 2. The summed E-state index contributed by atoms with van der Waals surface area (Å²) in [6.45, 7) is 5.12. The Hall–Kier alpha value is -2.40. The molecule has 3 rings (SSSR count). The number of benzene rings is 2. The summed E-state index contributed by atoms with van der Waals surface area (Å²) in [5, 5.41) is 7.36. The van der Waals surface area contributed by atoms with E-state index in [4.69, 9.17) is 17.2 Å². The molecule has 3 N–H and O–H groups in total. The topological polar surface area (TPSA) is 52.7 Å². The van der Waals surface area contributed by atoms with E-state index in [0.29, 0.717) is 17.6 Å². The first-order valence-corrected chi connectivity index (χ1v) is 9.05. The number of H-pyrrole nitrogens is 1. The van der Waals surface area contributed by atoms with Crippen LogP contribution in [0.4, 0.5) is 0 Å². The molecule has 1 heterocycles. The van der Waals surface area contributed by atoms with Gasteiger partial charge in [-0.25, -0.2) is 4.98 Å². The van der Waals surface area contributed by atoms with Crippen molar-refractivity contribution in [2.75, 3.05) is 0 Å². The zero-order valence-corrected chi connectivity index (χ0v) is 15.4. The van der Waals surface area contributed by atoms with Crippen molar-refractivity contribution in [3.8, 4) is 0 Å². The molecule has 0 spiro atoms. The third-order valence-corrected chi connectivity index (χ3v) is 4.31. The summed E-state index contributed by atoms with van der Waals surface area (Å²) in [7, 11) is 0. The number of rotatable bonds is 6. The molecule has 0 saturated heterocycles. The second-order valence-corrected chi connectivity index (χ2v) is 7.04. The average Bonchev–Trinajstić information content (AvgIpc) is 3.04. The van der Waals surface area contributed by atoms with E-state index in [-0.39, 0.29) is 6.04 Å². The van der Waals surface area contributed by atoms with E-state index in [1.54, 1.807) is 0 Å². The van der Waals surface area contributed by atoms with E-state index in [0.717, 1.165) is 23.3 Å². The first kappa shape index (κ1) is 17.4. The molecule has 25 heavy (non-hydrogen) atoms. The molecule has 1 aromatic heterocycles. The van der Waals surface area contributed by atoms with Gasteiger partial charge in [0.05, 0.1) is 17.1 Å². The molecule has 0 aliphatic heterocycles. The van der Waals surface area contributed by atoms with Gasteiger partial charge in [-0.3, -0.25) is 0 Å². The number of hydrogen-bond donors (Lipinski definition) is 3. The number of aromatic nitrogens is 2. The smallest absolute Gasteiger partial charge is 0.167 e. The van der Waals surface area contributed by atoms with Crippen molar-refractivity contribution in [3.05, 3.63) is 66.0 Å². The van der Waals surface area contributed by atoms with Gasteiger partial charge in [0.15, 0.2) is 5.11 Å². The predicted octanol–water partition coefficient (Wildman–Crippen LogP) is 4.31. The molecule has 4 nitrogen and oxygen atoms in total. The van der Waals surface area contributed by atoms with E-state index >= 15 is 0 Å². The van der Waals surface area contributed by atoms with E-state index in [2.05, 4.69) is 41.6 Å². The normalized spacial score (nSPS) is 12.3. The summed E-state index contributed by atoms with van der Waals surface area (Å²) in [6, 6.07) is 18.4. The fraction of sp³-hybridized carbons (Fsp3) is 0.300. The number of nitrogens with one attached hydrogen (secondary N) is 3. The van der Waals surface area contributed by atoms with Crippen molar-refractivity contribution in [2.45, 2.75) is 32.9 Å². The fourth-order valence-corrected chi connectivity index (χ4v) is 3.05. The van der Waals surface area contributed by atoms with Crippen LogP contribution in [0.5, 0.6) is 0 Å². The van der Waals surface area contributed by atoms with Crippen LogP contribution in [-0.4, -0.2) is 15.1 Å². The minimum Gasteiger partial charge on any atom is -0.359 e. The Morgan fingerprint density at radius 2 is 1.80 bits per heavy atom. The van der Waals surface area contributed by atoms with Crippen molar-refractivity contribution < 1.29 is 0 Å². The molecule has 130 valence electrons. The maximum absolute atomic E-state index is 5.50. The molecule has 0 radical (unpaired) electrons. The number of aromatic amines is 1. The van der Waals surface area contributed by atoms with E-state index in [1.165, 1.54) is 5.56 Å². The number of thiocarbonyl (C=S) groups is 1. The first-order valence-electron chi connectivity index (χ1n) is 8.65. The van der Waals surface area contributed by atoms with Gasteiger partial charge in [-0.2, -0.15) is 0 Å². The monoisotopic (exact) mass is 352 g/mol. The number of nitrogens with zero attached hydrogens (tertiary/aromatic N) is 1. The highest BCUT2D eigenvalue weighted by atomic mass is 32.1. The van der Waals surface area contributed by atoms with Crippen LogP contribution in [-0.2, 0) is 6.54 Å². The van der Waals surface area contributed by atoms with Crippen LogP contribution < -0.4 is 10.6 Å². The Kier molecular flexibility index (Phi) is 5.66. The third kappa shape index (κ3) is 4.79. The highest BCUT2D eigenvalue weighted by molar-refractivity contribution is 7.80. The molecule has 5 heteroatoms. The van der Waals surface area contributed by atoms with Crippen LogP contribution in [0.3, 0.4) is 0 Å². The second kappa shape index (κ2) is 8.12. The highest BCUT2D eigenvalue weighted by Crippen LogP contribution is 2.21. The molecule has 0 fully saturated rings. The van der Waals surface area contributed by atoms with Gasteiger partial charge >= 0.3 is 0 Å². The Labute approximate surface area is 154 Å². The lowest BCUT2D eigenvalue weighted by Crippen LogP contribution is -2.38. The van der Waals surface area contributed by atoms with Crippen LogP contribution in [0.1, 0.15) is 37.7 Å². The Morgan fingerprint density at radius 1 is 1.08 bits per heavy atom. The van der Waals surface area contributed by atoms with Gasteiger partial charge in [-0.05, 0) is 42.3 Å². The van der Waals surface area contributed by atoms with Crippen LogP contribution >= 0.6 is 12.2 Å². The summed E-state index contributed by atoms with van der Waals surface area (Å²) in [4.78, 5) is 8.15. The minimum atomic E-state index is 0.0585. The molecular weight excluding hydrogens is 328 g/mol. The van der Waals surface area contributed by atoms with Gasteiger partial charge in [0.25, 0.3) is 0 Å². The lowest BCUT2D eigenvalue weighted by atomic mass is 10.0. The molecule has 0 bridgehead atoms. The van der Waals surface area contributed by atoms with Gasteiger partial charge in [-0.1, -0.05) is 56.3 Å². The summed E-state index contributed by atoms with van der Waals surface area (Å²) < 4.78 is 0. The zero-order valence-electron chi connectivity index (χ0n) is 14.6. The molecule has 0 saturated carbocycles. The van der Waals surface area contributed by atoms with Crippen LogP contribution in [0.2, 0.25) is 0 Å². The van der Waals surface area contributed by atoms with Crippen molar-refractivity contribution >= 4 is 28.4 Å². The molecule has 1 atom stereocenters. The number of fused-ring (bicyclic) bond motifs is 1. The van der Waals surface area contributed by atoms with Gasteiger partial charge < -0.3 is 15.6 Å². The fourth-order valence-electron chi connectivity index (χ4n) is 2.84. The summed E-state index contributed by atoms with van der Waals surface area (Å²) in [5.74, 6) is 1.46. The quantitative estimate of drug-likeness (QED) is 0.579. The molecule has 0 amide bonds. The molecule has 0 unspecified atom stereocenters. The van der Waals surface area contributed by atoms with Crippen LogP contribution in [0.15, 0.2) is 54.6 Å². The maximum atomic E-state index is 5.50. The second-order valence-electron chi connectivity index (χ2n) is 6.63. The predicted molar refractivity (Wildman–Crippen MR) is 107 cm³/mol. The minimum absolute atomic E-state index is 0.0585. The summed E-state index contributed by atoms with van der Waals surface area (Å²) in [6.07, 6.45) is 0.951. The SMILES string of the molecule is CC(C)C[C@@H](NC(=S)NCc1ccccc1)c1nc2ccccc2[nH]1.